The number of carboxylic acid groups (broad SMARTS) is 2. The lowest BCUT2D eigenvalue weighted by atomic mass is 10.1. The Morgan fingerprint density at radius 2 is 1.66 bits per heavy atom. The van der Waals surface area contributed by atoms with Crippen LogP contribution in [0.1, 0.15) is 22.4 Å². The quantitative estimate of drug-likeness (QED) is 0.156. The topological polar surface area (TPSA) is 129 Å². The van der Waals surface area contributed by atoms with Gasteiger partial charge in [0.15, 0.2) is 5.11 Å². The number of aliphatic carboxylic acids is 2. The smallest absolute Gasteiger partial charge is 0.314 e. The number of anilines is 2. The van der Waals surface area contributed by atoms with Crippen LogP contribution in [0.5, 0.6) is 5.75 Å². The monoisotopic (exact) mass is 594 g/mol. The number of thiophene rings is 1. The number of nitrogens with zero attached hydrogens (tertiary/aromatic N) is 3. The van der Waals surface area contributed by atoms with Gasteiger partial charge in [0.05, 0.1) is 12.8 Å². The minimum absolute atomic E-state index is 0.303. The summed E-state index contributed by atoms with van der Waals surface area (Å²) in [5.41, 5.74) is 10.7. The number of aromatic nitrogens is 1. The molecule has 0 atom stereocenters. The second-order valence-electron chi connectivity index (χ2n) is 9.32. The molecule has 0 unspecified atom stereocenters. The lowest BCUT2D eigenvalue weighted by molar-refractivity contribution is -0.147. The number of carboxylic acids is 2. The molecule has 0 fully saturated rings. The summed E-state index contributed by atoms with van der Waals surface area (Å²) < 4.78 is 6.68. The van der Waals surface area contributed by atoms with Crippen molar-refractivity contribution in [2.45, 2.75) is 26.2 Å². The number of rotatable bonds is 11. The van der Waals surface area contributed by atoms with Gasteiger partial charge in [-0.2, -0.15) is 0 Å². The predicted molar refractivity (Wildman–Crippen MR) is 168 cm³/mol. The SMILES string of the molecule is COc1cccc(N(C(N)=S)c2ccc3sc(C)c(CCN(C)CCc4ccncc4)c3c2)c1.O=C(O)CC(=O)O. The fraction of sp³-hybridized carbons (Fsp3) is 0.267. The number of carbonyl (C=O) groups is 2. The Morgan fingerprint density at radius 1 is 1.00 bits per heavy atom. The Bertz CT molecular complexity index is 1480. The number of pyridine rings is 1. The van der Waals surface area contributed by atoms with Crippen molar-refractivity contribution >= 4 is 62.1 Å². The highest BCUT2D eigenvalue weighted by atomic mass is 32.1. The van der Waals surface area contributed by atoms with Gasteiger partial charge >= 0.3 is 11.9 Å². The first-order valence-electron chi connectivity index (χ1n) is 12.9. The molecule has 0 radical (unpaired) electrons. The van der Waals surface area contributed by atoms with E-state index in [1.807, 2.05) is 52.9 Å². The van der Waals surface area contributed by atoms with Gasteiger partial charge in [-0.3, -0.25) is 19.5 Å². The standard InChI is InChI=1S/C27H30N4OS2.C3H4O4/c1-19-24(12-16-30(2)15-11-20-9-13-29-14-10-20)25-18-22(7-8-26(25)34-19)31(27(28)33)21-5-4-6-23(17-21)32-3;4-2(5)1-3(6)7/h4-10,13-14,17-18H,11-12,15-16H2,1-3H3,(H2,28,33);1H2,(H,4,5)(H,6,7). The van der Waals surface area contributed by atoms with E-state index in [1.165, 1.54) is 26.1 Å². The van der Waals surface area contributed by atoms with Gasteiger partial charge in [-0.15, -0.1) is 11.3 Å². The van der Waals surface area contributed by atoms with Crippen LogP contribution in [0.2, 0.25) is 0 Å². The van der Waals surface area contributed by atoms with E-state index >= 15 is 0 Å². The molecule has 216 valence electrons. The Hall–Kier alpha value is -4.06. The molecule has 0 aliphatic rings. The number of likely N-dealkylation sites (N-methyl/N-ethyl adjacent to an activating group) is 1. The number of fused-ring (bicyclic) bond motifs is 1. The molecule has 0 spiro atoms. The first kappa shape index (κ1) is 31.5. The predicted octanol–water partition coefficient (Wildman–Crippen LogP) is 5.26. The summed E-state index contributed by atoms with van der Waals surface area (Å²) in [4.78, 5) is 28.6. The maximum atomic E-state index is 9.43. The molecular formula is C30H34N4O5S2. The number of nitrogens with two attached hydrogens (primary N) is 1. The Morgan fingerprint density at radius 3 is 2.27 bits per heavy atom. The third-order valence-corrected chi connectivity index (χ3v) is 7.65. The van der Waals surface area contributed by atoms with Gasteiger partial charge in [-0.1, -0.05) is 6.07 Å². The summed E-state index contributed by atoms with van der Waals surface area (Å²) in [5.74, 6) is -1.86. The zero-order chi connectivity index (χ0) is 29.9. The molecule has 2 aromatic heterocycles. The summed E-state index contributed by atoms with van der Waals surface area (Å²) >= 11 is 7.27. The van der Waals surface area contributed by atoms with Crippen LogP contribution < -0.4 is 15.4 Å². The lowest BCUT2D eigenvalue weighted by Crippen LogP contribution is -2.31. The van der Waals surface area contributed by atoms with Crippen LogP contribution in [0, 0.1) is 6.92 Å². The molecule has 2 heterocycles. The number of methoxy groups -OCH3 is 1. The fourth-order valence-corrected chi connectivity index (χ4v) is 5.58. The molecule has 4 N–H and O–H groups in total. The number of hydrogen-bond donors (Lipinski definition) is 3. The molecule has 0 saturated heterocycles. The van der Waals surface area contributed by atoms with Gasteiger partial charge in [0.25, 0.3) is 0 Å². The molecule has 41 heavy (non-hydrogen) atoms. The molecule has 0 aliphatic carbocycles. The second-order valence-corrected chi connectivity index (χ2v) is 11.0. The summed E-state index contributed by atoms with van der Waals surface area (Å²) in [6.45, 7) is 4.22. The van der Waals surface area contributed by atoms with Crippen molar-refractivity contribution in [3.05, 3.63) is 83.0 Å². The highest BCUT2D eigenvalue weighted by Gasteiger charge is 2.17. The van der Waals surface area contributed by atoms with E-state index in [0.29, 0.717) is 5.11 Å². The maximum Gasteiger partial charge on any atom is 0.314 e. The molecule has 4 aromatic rings. The third kappa shape index (κ3) is 9.24. The Kier molecular flexibility index (Phi) is 11.6. The Balaban J connectivity index is 0.000000587. The van der Waals surface area contributed by atoms with E-state index in [4.69, 9.17) is 32.9 Å². The summed E-state index contributed by atoms with van der Waals surface area (Å²) in [6.07, 6.45) is 4.93. The van der Waals surface area contributed by atoms with Gasteiger partial charge in [0, 0.05) is 46.8 Å². The van der Waals surface area contributed by atoms with E-state index in [9.17, 15) is 9.59 Å². The van der Waals surface area contributed by atoms with Crippen LogP contribution in [0.25, 0.3) is 10.1 Å². The van der Waals surface area contributed by atoms with Crippen LogP contribution in [0.3, 0.4) is 0 Å². The second kappa shape index (κ2) is 15.1. The number of hydrogen-bond acceptors (Lipinski definition) is 7. The molecule has 9 nitrogen and oxygen atoms in total. The van der Waals surface area contributed by atoms with Gasteiger partial charge in [-0.05, 0) is 98.0 Å². The average molecular weight is 595 g/mol. The van der Waals surface area contributed by atoms with E-state index in [2.05, 4.69) is 54.2 Å². The van der Waals surface area contributed by atoms with E-state index < -0.39 is 18.4 Å². The number of ether oxygens (including phenoxy) is 1. The van der Waals surface area contributed by atoms with Crippen molar-refractivity contribution < 1.29 is 24.5 Å². The minimum Gasteiger partial charge on any atom is -0.497 e. The fourth-order valence-electron chi connectivity index (χ4n) is 4.28. The van der Waals surface area contributed by atoms with Crippen molar-refractivity contribution in [2.24, 2.45) is 5.73 Å². The van der Waals surface area contributed by atoms with Crippen molar-refractivity contribution in [3.8, 4) is 5.75 Å². The largest absolute Gasteiger partial charge is 0.497 e. The molecular weight excluding hydrogens is 560 g/mol. The van der Waals surface area contributed by atoms with Crippen LogP contribution >= 0.6 is 23.6 Å². The van der Waals surface area contributed by atoms with Gasteiger partial charge in [0.1, 0.15) is 12.2 Å². The zero-order valence-corrected chi connectivity index (χ0v) is 24.9. The zero-order valence-electron chi connectivity index (χ0n) is 23.2. The van der Waals surface area contributed by atoms with Crippen molar-refractivity contribution in [1.82, 2.24) is 9.88 Å². The van der Waals surface area contributed by atoms with Crippen molar-refractivity contribution in [2.75, 3.05) is 32.1 Å². The number of aryl methyl sites for hydroxylation is 1. The van der Waals surface area contributed by atoms with Crippen LogP contribution in [-0.4, -0.2) is 64.4 Å². The molecule has 2 aromatic carbocycles. The van der Waals surface area contributed by atoms with E-state index in [1.54, 1.807) is 7.11 Å². The number of benzene rings is 2. The molecule has 11 heteroatoms. The van der Waals surface area contributed by atoms with Crippen molar-refractivity contribution in [3.63, 3.8) is 0 Å². The van der Waals surface area contributed by atoms with Crippen LogP contribution in [0.15, 0.2) is 67.0 Å². The molecule has 0 bridgehead atoms. The highest BCUT2D eigenvalue weighted by molar-refractivity contribution is 7.80. The first-order valence-corrected chi connectivity index (χ1v) is 14.1. The van der Waals surface area contributed by atoms with Gasteiger partial charge in [0.2, 0.25) is 0 Å². The number of thiocarbonyl (C=S) groups is 1. The normalized spacial score (nSPS) is 10.6. The van der Waals surface area contributed by atoms with Crippen LogP contribution in [-0.2, 0) is 22.4 Å². The van der Waals surface area contributed by atoms with E-state index in [-0.39, 0.29) is 0 Å². The van der Waals surface area contributed by atoms with E-state index in [0.717, 1.165) is 43.1 Å². The molecule has 0 saturated carbocycles. The summed E-state index contributed by atoms with van der Waals surface area (Å²) in [6, 6.07) is 18.4. The summed E-state index contributed by atoms with van der Waals surface area (Å²) in [5, 5.41) is 17.0. The highest BCUT2D eigenvalue weighted by Crippen LogP contribution is 2.36. The maximum absolute atomic E-state index is 9.43. The van der Waals surface area contributed by atoms with Gasteiger partial charge < -0.3 is 25.6 Å². The first-order chi connectivity index (χ1) is 19.6. The Labute approximate surface area is 248 Å². The molecule has 0 aliphatic heterocycles. The summed E-state index contributed by atoms with van der Waals surface area (Å²) in [7, 11) is 3.85. The molecule has 4 rings (SSSR count). The van der Waals surface area contributed by atoms with Crippen LogP contribution in [0.4, 0.5) is 11.4 Å². The van der Waals surface area contributed by atoms with Crippen molar-refractivity contribution in [1.29, 1.82) is 0 Å². The minimum atomic E-state index is -1.31. The van der Waals surface area contributed by atoms with Gasteiger partial charge in [-0.25, -0.2) is 0 Å². The lowest BCUT2D eigenvalue weighted by Gasteiger charge is -2.24. The molecule has 0 amide bonds. The third-order valence-electron chi connectivity index (χ3n) is 6.34. The average Bonchev–Trinajstić information content (AvgIpc) is 3.25.